The quantitative estimate of drug-likeness (QED) is 0.728. The molecule has 1 aromatic rings. The minimum atomic E-state index is -0.861. The molecule has 0 saturated heterocycles. The van der Waals surface area contributed by atoms with E-state index in [1.807, 2.05) is 0 Å². The lowest BCUT2D eigenvalue weighted by atomic mass is 10.1. The highest BCUT2D eigenvalue weighted by Crippen LogP contribution is 2.08. The molecule has 0 fully saturated rings. The average Bonchev–Trinajstić information content (AvgIpc) is 2.22. The van der Waals surface area contributed by atoms with E-state index in [-0.39, 0.29) is 6.42 Å². The van der Waals surface area contributed by atoms with Gasteiger partial charge in [0, 0.05) is 6.54 Å². The molecule has 0 saturated carbocycles. The maximum absolute atomic E-state index is 12.8. The first kappa shape index (κ1) is 12.6. The number of halogens is 2. The Bertz CT molecular complexity index is 369. The normalized spacial score (nSPS) is 10.4. The Morgan fingerprint density at radius 1 is 1.25 bits per heavy atom. The van der Waals surface area contributed by atoms with E-state index in [1.165, 1.54) is 6.07 Å². The summed E-state index contributed by atoms with van der Waals surface area (Å²) < 4.78 is 25.4. The molecule has 0 aromatic heterocycles. The van der Waals surface area contributed by atoms with Crippen LogP contribution in [0, 0.1) is 11.6 Å². The van der Waals surface area contributed by atoms with Gasteiger partial charge in [0.05, 0.1) is 6.42 Å². The largest absolute Gasteiger partial charge is 0.481 e. The number of rotatable bonds is 6. The zero-order chi connectivity index (χ0) is 12.0. The molecule has 2 N–H and O–H groups in total. The van der Waals surface area contributed by atoms with Crippen molar-refractivity contribution in [1.29, 1.82) is 0 Å². The molecule has 0 atom stereocenters. The lowest BCUT2D eigenvalue weighted by Crippen LogP contribution is -2.20. The van der Waals surface area contributed by atoms with Gasteiger partial charge in [0.15, 0.2) is 11.6 Å². The molecule has 1 rings (SSSR count). The van der Waals surface area contributed by atoms with Crippen molar-refractivity contribution in [2.45, 2.75) is 12.8 Å². The highest BCUT2D eigenvalue weighted by Gasteiger charge is 2.02. The molecule has 0 aliphatic carbocycles. The lowest BCUT2D eigenvalue weighted by Gasteiger charge is -2.03. The summed E-state index contributed by atoms with van der Waals surface area (Å²) in [5, 5.41) is 11.3. The Morgan fingerprint density at radius 2 is 2.00 bits per heavy atom. The van der Waals surface area contributed by atoms with Gasteiger partial charge in [-0.2, -0.15) is 0 Å². The number of aliphatic carboxylic acids is 1. The fourth-order valence-corrected chi connectivity index (χ4v) is 1.25. The van der Waals surface area contributed by atoms with E-state index in [0.29, 0.717) is 25.1 Å². The maximum Gasteiger partial charge on any atom is 0.304 e. The second-order valence-corrected chi connectivity index (χ2v) is 3.39. The summed E-state index contributed by atoms with van der Waals surface area (Å²) in [5.41, 5.74) is 0.682. The highest BCUT2D eigenvalue weighted by atomic mass is 19.2. The van der Waals surface area contributed by atoms with E-state index in [0.717, 1.165) is 12.1 Å². The fourth-order valence-electron chi connectivity index (χ4n) is 1.25. The number of hydrogen-bond acceptors (Lipinski definition) is 2. The SMILES string of the molecule is O=C(O)CCNCCc1ccc(F)c(F)c1. The fraction of sp³-hybridized carbons (Fsp3) is 0.364. The van der Waals surface area contributed by atoms with Gasteiger partial charge in [-0.3, -0.25) is 4.79 Å². The van der Waals surface area contributed by atoms with Gasteiger partial charge in [-0.05, 0) is 30.7 Å². The Labute approximate surface area is 92.1 Å². The van der Waals surface area contributed by atoms with E-state index < -0.39 is 17.6 Å². The second-order valence-electron chi connectivity index (χ2n) is 3.39. The molecule has 0 radical (unpaired) electrons. The molecule has 0 unspecified atom stereocenters. The first-order valence-electron chi connectivity index (χ1n) is 4.96. The molecule has 16 heavy (non-hydrogen) atoms. The minimum absolute atomic E-state index is 0.0534. The number of carbonyl (C=O) groups is 1. The molecule has 0 spiro atoms. The Morgan fingerprint density at radius 3 is 2.62 bits per heavy atom. The molecule has 88 valence electrons. The Balaban J connectivity index is 2.27. The van der Waals surface area contributed by atoms with Gasteiger partial charge in [-0.15, -0.1) is 0 Å². The summed E-state index contributed by atoms with van der Waals surface area (Å²) in [5.74, 6) is -2.58. The second kappa shape index (κ2) is 6.17. The number of carboxylic acid groups (broad SMARTS) is 1. The molecule has 3 nitrogen and oxygen atoms in total. The molecule has 0 heterocycles. The van der Waals surface area contributed by atoms with Gasteiger partial charge < -0.3 is 10.4 Å². The molecule has 1 aromatic carbocycles. The van der Waals surface area contributed by atoms with Crippen LogP contribution >= 0.6 is 0 Å². The monoisotopic (exact) mass is 229 g/mol. The summed E-state index contributed by atoms with van der Waals surface area (Å²) in [6, 6.07) is 3.74. The van der Waals surface area contributed by atoms with E-state index >= 15 is 0 Å². The maximum atomic E-state index is 12.8. The van der Waals surface area contributed by atoms with Gasteiger partial charge in [0.2, 0.25) is 0 Å². The molecule has 0 aliphatic heterocycles. The summed E-state index contributed by atoms with van der Waals surface area (Å²) in [4.78, 5) is 10.2. The van der Waals surface area contributed by atoms with Crippen molar-refractivity contribution in [3.05, 3.63) is 35.4 Å². The van der Waals surface area contributed by atoms with Gasteiger partial charge >= 0.3 is 5.97 Å². The van der Waals surface area contributed by atoms with Crippen molar-refractivity contribution in [2.75, 3.05) is 13.1 Å². The number of nitrogens with one attached hydrogen (secondary N) is 1. The molecule has 5 heteroatoms. The number of benzene rings is 1. The van der Waals surface area contributed by atoms with Crippen LogP contribution in [0.4, 0.5) is 8.78 Å². The standard InChI is InChI=1S/C11H13F2NO2/c12-9-2-1-8(7-10(9)13)3-5-14-6-4-11(15)16/h1-2,7,14H,3-6H2,(H,15,16). The van der Waals surface area contributed by atoms with Crippen LogP contribution in [0.1, 0.15) is 12.0 Å². The third-order valence-electron chi connectivity index (χ3n) is 2.09. The van der Waals surface area contributed by atoms with Crippen LogP contribution in [0.15, 0.2) is 18.2 Å². The molecular formula is C11H13F2NO2. The zero-order valence-electron chi connectivity index (χ0n) is 8.67. The number of hydrogen-bond donors (Lipinski definition) is 2. The summed E-state index contributed by atoms with van der Waals surface area (Å²) in [6.07, 6.45) is 0.592. The van der Waals surface area contributed by atoms with Crippen LogP contribution in [-0.2, 0) is 11.2 Å². The summed E-state index contributed by atoms with van der Waals surface area (Å²) in [7, 11) is 0. The summed E-state index contributed by atoms with van der Waals surface area (Å²) in [6.45, 7) is 0.914. The van der Waals surface area contributed by atoms with Crippen molar-refractivity contribution in [1.82, 2.24) is 5.32 Å². The predicted molar refractivity (Wildman–Crippen MR) is 55.2 cm³/mol. The van der Waals surface area contributed by atoms with Crippen LogP contribution in [0.2, 0.25) is 0 Å². The smallest absolute Gasteiger partial charge is 0.304 e. The molecule has 0 bridgehead atoms. The average molecular weight is 229 g/mol. The van der Waals surface area contributed by atoms with E-state index in [4.69, 9.17) is 5.11 Å². The first-order chi connectivity index (χ1) is 7.59. The Hall–Kier alpha value is -1.49. The van der Waals surface area contributed by atoms with Gasteiger partial charge in [0.25, 0.3) is 0 Å². The number of carboxylic acids is 1. The third-order valence-corrected chi connectivity index (χ3v) is 2.09. The zero-order valence-corrected chi connectivity index (χ0v) is 8.67. The molecular weight excluding hydrogens is 216 g/mol. The third kappa shape index (κ3) is 4.35. The van der Waals surface area contributed by atoms with Gasteiger partial charge in [0.1, 0.15) is 0 Å². The summed E-state index contributed by atoms with van der Waals surface area (Å²) >= 11 is 0. The highest BCUT2D eigenvalue weighted by molar-refractivity contribution is 5.66. The van der Waals surface area contributed by atoms with Gasteiger partial charge in [-0.25, -0.2) is 8.78 Å². The minimum Gasteiger partial charge on any atom is -0.481 e. The van der Waals surface area contributed by atoms with Crippen LogP contribution in [-0.4, -0.2) is 24.2 Å². The van der Waals surface area contributed by atoms with E-state index in [1.54, 1.807) is 0 Å². The Kier molecular flexibility index (Phi) is 4.85. The topological polar surface area (TPSA) is 49.3 Å². The van der Waals surface area contributed by atoms with Crippen molar-refractivity contribution in [3.63, 3.8) is 0 Å². The predicted octanol–water partition coefficient (Wildman–Crippen LogP) is 1.57. The van der Waals surface area contributed by atoms with Crippen molar-refractivity contribution < 1.29 is 18.7 Å². The molecule has 0 amide bonds. The van der Waals surface area contributed by atoms with Crippen molar-refractivity contribution >= 4 is 5.97 Å². The lowest BCUT2D eigenvalue weighted by molar-refractivity contribution is -0.136. The van der Waals surface area contributed by atoms with E-state index in [9.17, 15) is 13.6 Å². The van der Waals surface area contributed by atoms with Crippen LogP contribution in [0.5, 0.6) is 0 Å². The van der Waals surface area contributed by atoms with Crippen LogP contribution < -0.4 is 5.32 Å². The first-order valence-corrected chi connectivity index (χ1v) is 4.96. The van der Waals surface area contributed by atoms with Crippen LogP contribution in [0.3, 0.4) is 0 Å². The molecule has 0 aliphatic rings. The van der Waals surface area contributed by atoms with Crippen LogP contribution in [0.25, 0.3) is 0 Å². The van der Waals surface area contributed by atoms with Gasteiger partial charge in [-0.1, -0.05) is 6.07 Å². The van der Waals surface area contributed by atoms with Crippen molar-refractivity contribution in [3.8, 4) is 0 Å². The van der Waals surface area contributed by atoms with E-state index in [2.05, 4.69) is 5.32 Å². The van der Waals surface area contributed by atoms with Crippen molar-refractivity contribution in [2.24, 2.45) is 0 Å².